The molecule has 0 fully saturated rings. The molecule has 0 heterocycles. The standard InChI is InChI=1S/C22H24ClFN2O4S/c1-13-8-9-15(12-18(13)24)25-20(27)14(2)30-22(29)19(10-11-31-3)26-21(28)16-6-4-5-7-17(16)23/h4-9,12,14,19H,10-11H2,1-3H3,(H,25,27)(H,26,28). The second-order valence-corrected chi connectivity index (χ2v) is 8.21. The Balaban J connectivity index is 2.02. The zero-order chi connectivity index (χ0) is 23.0. The second kappa shape index (κ2) is 11.7. The molecule has 2 aromatic carbocycles. The molecule has 0 aliphatic carbocycles. The van der Waals surface area contributed by atoms with Crippen LogP contribution in [-0.2, 0) is 14.3 Å². The number of carbonyl (C=O) groups is 3. The number of amides is 2. The van der Waals surface area contributed by atoms with E-state index in [0.29, 0.717) is 17.7 Å². The maximum Gasteiger partial charge on any atom is 0.329 e. The van der Waals surface area contributed by atoms with Crippen molar-refractivity contribution < 1.29 is 23.5 Å². The Hall–Kier alpha value is -2.58. The first-order chi connectivity index (χ1) is 14.7. The molecule has 0 saturated carbocycles. The van der Waals surface area contributed by atoms with Gasteiger partial charge in [-0.2, -0.15) is 11.8 Å². The van der Waals surface area contributed by atoms with Crippen LogP contribution in [0.4, 0.5) is 10.1 Å². The summed E-state index contributed by atoms with van der Waals surface area (Å²) < 4.78 is 18.9. The summed E-state index contributed by atoms with van der Waals surface area (Å²) in [5.41, 5.74) is 0.934. The summed E-state index contributed by atoms with van der Waals surface area (Å²) in [5, 5.41) is 5.39. The molecule has 6 nitrogen and oxygen atoms in total. The molecule has 31 heavy (non-hydrogen) atoms. The van der Waals surface area contributed by atoms with Crippen LogP contribution in [0.25, 0.3) is 0 Å². The van der Waals surface area contributed by atoms with Crippen molar-refractivity contribution in [3.05, 3.63) is 64.4 Å². The molecule has 0 bridgehead atoms. The number of rotatable bonds is 9. The fraction of sp³-hybridized carbons (Fsp3) is 0.318. The average molecular weight is 467 g/mol. The third-order valence-electron chi connectivity index (χ3n) is 4.42. The van der Waals surface area contributed by atoms with Crippen molar-refractivity contribution in [1.29, 1.82) is 0 Å². The molecule has 0 radical (unpaired) electrons. The van der Waals surface area contributed by atoms with Gasteiger partial charge in [0.15, 0.2) is 6.10 Å². The van der Waals surface area contributed by atoms with E-state index in [9.17, 15) is 18.8 Å². The zero-order valence-corrected chi connectivity index (χ0v) is 19.0. The first-order valence-corrected chi connectivity index (χ1v) is 11.3. The molecular formula is C22H24ClFN2O4S. The van der Waals surface area contributed by atoms with E-state index in [4.69, 9.17) is 16.3 Å². The first kappa shape index (κ1) is 24.7. The number of carbonyl (C=O) groups excluding carboxylic acids is 3. The van der Waals surface area contributed by atoms with Crippen molar-refractivity contribution in [2.75, 3.05) is 17.3 Å². The second-order valence-electron chi connectivity index (χ2n) is 6.82. The normalized spacial score (nSPS) is 12.5. The molecular weight excluding hydrogens is 443 g/mol. The molecule has 2 rings (SSSR count). The van der Waals surface area contributed by atoms with E-state index in [1.807, 2.05) is 6.26 Å². The van der Waals surface area contributed by atoms with E-state index < -0.39 is 35.7 Å². The van der Waals surface area contributed by atoms with E-state index in [-0.39, 0.29) is 16.3 Å². The van der Waals surface area contributed by atoms with Crippen molar-refractivity contribution in [2.24, 2.45) is 0 Å². The fourth-order valence-corrected chi connectivity index (χ4v) is 3.28. The van der Waals surface area contributed by atoms with Gasteiger partial charge in [0.2, 0.25) is 0 Å². The fourth-order valence-electron chi connectivity index (χ4n) is 2.59. The third-order valence-corrected chi connectivity index (χ3v) is 5.39. The Morgan fingerprint density at radius 2 is 1.90 bits per heavy atom. The number of ether oxygens (including phenoxy) is 1. The lowest BCUT2D eigenvalue weighted by molar-refractivity contribution is -0.155. The SMILES string of the molecule is CSCCC(NC(=O)c1ccccc1Cl)C(=O)OC(C)C(=O)Nc1ccc(C)c(F)c1. The minimum atomic E-state index is -1.15. The Morgan fingerprint density at radius 1 is 1.19 bits per heavy atom. The van der Waals surface area contributed by atoms with Gasteiger partial charge in [0.1, 0.15) is 11.9 Å². The molecule has 166 valence electrons. The lowest BCUT2D eigenvalue weighted by Gasteiger charge is -2.20. The monoisotopic (exact) mass is 466 g/mol. The molecule has 2 aromatic rings. The van der Waals surface area contributed by atoms with Crippen LogP contribution in [0.3, 0.4) is 0 Å². The minimum Gasteiger partial charge on any atom is -0.451 e. The summed E-state index contributed by atoms with van der Waals surface area (Å²) in [6.45, 7) is 3.01. The van der Waals surface area contributed by atoms with Crippen molar-refractivity contribution in [1.82, 2.24) is 5.32 Å². The third kappa shape index (κ3) is 7.25. The Bertz CT molecular complexity index is 957. The van der Waals surface area contributed by atoms with Gasteiger partial charge >= 0.3 is 5.97 Å². The quantitative estimate of drug-likeness (QED) is 0.541. The Labute approximate surface area is 189 Å². The largest absolute Gasteiger partial charge is 0.451 e. The topological polar surface area (TPSA) is 84.5 Å². The highest BCUT2D eigenvalue weighted by Gasteiger charge is 2.27. The molecule has 0 aromatic heterocycles. The summed E-state index contributed by atoms with van der Waals surface area (Å²) in [4.78, 5) is 37.5. The number of halogens is 2. The highest BCUT2D eigenvalue weighted by Crippen LogP contribution is 2.16. The van der Waals surface area contributed by atoms with Crippen LogP contribution >= 0.6 is 23.4 Å². The lowest BCUT2D eigenvalue weighted by Crippen LogP contribution is -2.44. The van der Waals surface area contributed by atoms with Crippen LogP contribution in [0.1, 0.15) is 29.3 Å². The molecule has 0 saturated heterocycles. The van der Waals surface area contributed by atoms with Gasteiger partial charge in [-0.05, 0) is 62.1 Å². The molecule has 2 unspecified atom stereocenters. The maximum atomic E-state index is 13.7. The molecule has 9 heteroatoms. The van der Waals surface area contributed by atoms with E-state index >= 15 is 0 Å². The van der Waals surface area contributed by atoms with Gasteiger partial charge in [0.05, 0.1) is 10.6 Å². The Morgan fingerprint density at radius 3 is 2.55 bits per heavy atom. The Kier molecular flexibility index (Phi) is 9.33. The molecule has 2 atom stereocenters. The van der Waals surface area contributed by atoms with Gasteiger partial charge in [-0.25, -0.2) is 9.18 Å². The number of benzene rings is 2. The summed E-state index contributed by atoms with van der Waals surface area (Å²) >= 11 is 7.55. The van der Waals surface area contributed by atoms with Gasteiger partial charge in [0.25, 0.3) is 11.8 Å². The summed E-state index contributed by atoms with van der Waals surface area (Å²) in [7, 11) is 0. The van der Waals surface area contributed by atoms with Crippen LogP contribution in [0.5, 0.6) is 0 Å². The van der Waals surface area contributed by atoms with Gasteiger partial charge in [-0.3, -0.25) is 9.59 Å². The smallest absolute Gasteiger partial charge is 0.329 e. The van der Waals surface area contributed by atoms with E-state index in [2.05, 4.69) is 10.6 Å². The maximum absolute atomic E-state index is 13.7. The van der Waals surface area contributed by atoms with Crippen LogP contribution < -0.4 is 10.6 Å². The van der Waals surface area contributed by atoms with Gasteiger partial charge in [0, 0.05) is 5.69 Å². The minimum absolute atomic E-state index is 0.235. The first-order valence-electron chi connectivity index (χ1n) is 9.54. The van der Waals surface area contributed by atoms with Crippen LogP contribution in [0.15, 0.2) is 42.5 Å². The van der Waals surface area contributed by atoms with Crippen LogP contribution in [-0.4, -0.2) is 41.9 Å². The number of aryl methyl sites for hydroxylation is 1. The number of anilines is 1. The predicted octanol–water partition coefficient (Wildman–Crippen LogP) is 4.21. The van der Waals surface area contributed by atoms with Gasteiger partial charge in [-0.1, -0.05) is 29.8 Å². The summed E-state index contributed by atoms with van der Waals surface area (Å²) in [6, 6.07) is 9.79. The molecule has 0 aliphatic heterocycles. The average Bonchev–Trinajstić information content (AvgIpc) is 2.73. The summed E-state index contributed by atoms with van der Waals surface area (Å²) in [5.74, 6) is -1.74. The molecule has 2 amide bonds. The molecule has 2 N–H and O–H groups in total. The van der Waals surface area contributed by atoms with E-state index in [1.165, 1.54) is 30.8 Å². The van der Waals surface area contributed by atoms with Crippen molar-refractivity contribution in [2.45, 2.75) is 32.4 Å². The number of nitrogens with one attached hydrogen (secondary N) is 2. The predicted molar refractivity (Wildman–Crippen MR) is 121 cm³/mol. The van der Waals surface area contributed by atoms with E-state index in [1.54, 1.807) is 37.3 Å². The number of hydrogen-bond acceptors (Lipinski definition) is 5. The van der Waals surface area contributed by atoms with Crippen molar-refractivity contribution in [3.8, 4) is 0 Å². The summed E-state index contributed by atoms with van der Waals surface area (Å²) in [6.07, 6.45) is 1.04. The molecule has 0 aliphatic rings. The molecule has 0 spiro atoms. The van der Waals surface area contributed by atoms with Gasteiger partial charge < -0.3 is 15.4 Å². The highest BCUT2D eigenvalue weighted by molar-refractivity contribution is 7.98. The van der Waals surface area contributed by atoms with Crippen LogP contribution in [0, 0.1) is 12.7 Å². The van der Waals surface area contributed by atoms with E-state index in [0.717, 1.165) is 0 Å². The van der Waals surface area contributed by atoms with Gasteiger partial charge in [-0.15, -0.1) is 0 Å². The van der Waals surface area contributed by atoms with Crippen LogP contribution in [0.2, 0.25) is 5.02 Å². The highest BCUT2D eigenvalue weighted by atomic mass is 35.5. The number of hydrogen-bond donors (Lipinski definition) is 2. The van der Waals surface area contributed by atoms with Crippen molar-refractivity contribution >= 4 is 46.8 Å². The lowest BCUT2D eigenvalue weighted by atomic mass is 10.1. The number of esters is 1. The number of thioether (sulfide) groups is 1. The zero-order valence-electron chi connectivity index (χ0n) is 17.4. The van der Waals surface area contributed by atoms with Crippen molar-refractivity contribution in [3.63, 3.8) is 0 Å².